The van der Waals surface area contributed by atoms with E-state index >= 15 is 0 Å². The predicted octanol–water partition coefficient (Wildman–Crippen LogP) is 3.26. The summed E-state index contributed by atoms with van der Waals surface area (Å²) in [5.74, 6) is -0.682. The highest BCUT2D eigenvalue weighted by molar-refractivity contribution is 9.10. The second-order valence-corrected chi connectivity index (χ2v) is 4.21. The lowest BCUT2D eigenvalue weighted by Gasteiger charge is -2.04. The topological polar surface area (TPSA) is 50.8 Å². The predicted molar refractivity (Wildman–Crippen MR) is 61.1 cm³/mol. The van der Waals surface area contributed by atoms with Crippen molar-refractivity contribution < 1.29 is 17.9 Å². The summed E-state index contributed by atoms with van der Waals surface area (Å²) >= 11 is 3.21. The summed E-state index contributed by atoms with van der Waals surface area (Å²) in [7, 11) is 1.45. The van der Waals surface area contributed by atoms with Gasteiger partial charge in [-0.1, -0.05) is 0 Å². The maximum absolute atomic E-state index is 12.4. The molecule has 4 nitrogen and oxygen atoms in total. The summed E-state index contributed by atoms with van der Waals surface area (Å²) in [5.41, 5.74) is 0.712. The first kappa shape index (κ1) is 12.9. The molecule has 2 rings (SSSR count). The molecule has 0 aliphatic rings. The Morgan fingerprint density at radius 1 is 1.28 bits per heavy atom. The van der Waals surface area contributed by atoms with Gasteiger partial charge in [-0.05, 0) is 22.0 Å². The fourth-order valence-corrected chi connectivity index (χ4v) is 1.85. The average Bonchev–Trinajstić information content (AvgIpc) is 2.77. The molecule has 0 bridgehead atoms. The number of hydrogen-bond donors (Lipinski definition) is 1. The van der Waals surface area contributed by atoms with E-state index in [0.29, 0.717) is 15.9 Å². The van der Waals surface area contributed by atoms with Crippen LogP contribution in [0, 0.1) is 0 Å². The standard InChI is InChI=1S/C10H7BrF3N3O/c1-18-8-6(11)2-5(3-15-8)7-4-16-9(17-7)10(12,13)14/h2-4H,1H3,(H,16,17). The minimum Gasteiger partial charge on any atom is -0.480 e. The number of aromatic nitrogens is 3. The normalized spacial score (nSPS) is 11.6. The Morgan fingerprint density at radius 3 is 2.50 bits per heavy atom. The van der Waals surface area contributed by atoms with E-state index < -0.39 is 12.0 Å². The molecular formula is C10H7BrF3N3O. The molecule has 0 radical (unpaired) electrons. The molecule has 1 N–H and O–H groups in total. The SMILES string of the molecule is COc1ncc(-c2cnc(C(F)(F)F)[nH]2)cc1Br. The van der Waals surface area contributed by atoms with Gasteiger partial charge in [-0.3, -0.25) is 0 Å². The fourth-order valence-electron chi connectivity index (χ4n) is 1.33. The molecule has 96 valence electrons. The van der Waals surface area contributed by atoms with Crippen molar-refractivity contribution >= 4 is 15.9 Å². The molecule has 0 aliphatic carbocycles. The maximum atomic E-state index is 12.4. The van der Waals surface area contributed by atoms with E-state index in [-0.39, 0.29) is 5.69 Å². The number of aromatic amines is 1. The summed E-state index contributed by atoms with van der Waals surface area (Å²) in [4.78, 5) is 9.42. The first-order chi connectivity index (χ1) is 8.41. The maximum Gasteiger partial charge on any atom is 0.449 e. The molecule has 0 amide bonds. The van der Waals surface area contributed by atoms with Gasteiger partial charge in [0.2, 0.25) is 11.7 Å². The van der Waals surface area contributed by atoms with Crippen LogP contribution in [0.15, 0.2) is 22.9 Å². The number of imidazole rings is 1. The van der Waals surface area contributed by atoms with Gasteiger partial charge < -0.3 is 9.72 Å². The van der Waals surface area contributed by atoms with Gasteiger partial charge >= 0.3 is 6.18 Å². The number of methoxy groups -OCH3 is 1. The minimum absolute atomic E-state index is 0.234. The number of nitrogens with one attached hydrogen (secondary N) is 1. The highest BCUT2D eigenvalue weighted by atomic mass is 79.9. The smallest absolute Gasteiger partial charge is 0.449 e. The third kappa shape index (κ3) is 2.47. The van der Waals surface area contributed by atoms with Crippen LogP contribution in [-0.4, -0.2) is 22.1 Å². The molecule has 18 heavy (non-hydrogen) atoms. The molecule has 2 aromatic rings. The van der Waals surface area contributed by atoms with Gasteiger partial charge in [0, 0.05) is 11.8 Å². The molecular weight excluding hydrogens is 315 g/mol. The van der Waals surface area contributed by atoms with Gasteiger partial charge in [0.1, 0.15) is 0 Å². The number of nitrogens with zero attached hydrogens (tertiary/aromatic N) is 2. The Labute approximate surface area is 108 Å². The molecule has 0 fully saturated rings. The molecule has 0 aromatic carbocycles. The van der Waals surface area contributed by atoms with Crippen LogP contribution < -0.4 is 4.74 Å². The van der Waals surface area contributed by atoms with Crippen molar-refractivity contribution in [3.8, 4) is 17.1 Å². The van der Waals surface area contributed by atoms with Crippen molar-refractivity contribution in [3.63, 3.8) is 0 Å². The third-order valence-corrected chi connectivity index (χ3v) is 2.72. The van der Waals surface area contributed by atoms with Crippen molar-refractivity contribution in [1.82, 2.24) is 15.0 Å². The summed E-state index contributed by atoms with van der Waals surface area (Å²) in [5, 5.41) is 0. The molecule has 0 atom stereocenters. The van der Waals surface area contributed by atoms with E-state index in [9.17, 15) is 13.2 Å². The van der Waals surface area contributed by atoms with Gasteiger partial charge in [0.15, 0.2) is 0 Å². The Bertz CT molecular complexity index is 568. The van der Waals surface area contributed by atoms with Gasteiger partial charge in [-0.25, -0.2) is 9.97 Å². The zero-order valence-electron chi connectivity index (χ0n) is 9.05. The molecule has 8 heteroatoms. The molecule has 2 heterocycles. The molecule has 0 spiro atoms. The molecule has 0 aliphatic heterocycles. The van der Waals surface area contributed by atoms with Crippen molar-refractivity contribution in [2.24, 2.45) is 0 Å². The lowest BCUT2D eigenvalue weighted by atomic mass is 10.2. The van der Waals surface area contributed by atoms with E-state index in [1.165, 1.54) is 13.3 Å². The highest BCUT2D eigenvalue weighted by Crippen LogP contribution is 2.30. The van der Waals surface area contributed by atoms with Crippen LogP contribution in [0.1, 0.15) is 5.82 Å². The fraction of sp³-hybridized carbons (Fsp3) is 0.200. The van der Waals surface area contributed by atoms with Crippen molar-refractivity contribution in [3.05, 3.63) is 28.8 Å². The van der Waals surface area contributed by atoms with Gasteiger partial charge in [-0.15, -0.1) is 0 Å². The molecule has 0 saturated carbocycles. The Balaban J connectivity index is 2.38. The van der Waals surface area contributed by atoms with E-state index in [2.05, 4.69) is 30.9 Å². The number of alkyl halides is 3. The Morgan fingerprint density at radius 2 is 2.00 bits per heavy atom. The summed E-state index contributed by atoms with van der Waals surface area (Å²) in [6.07, 6.45) is -1.98. The van der Waals surface area contributed by atoms with Crippen LogP contribution in [0.3, 0.4) is 0 Å². The summed E-state index contributed by atoms with van der Waals surface area (Å²) in [6, 6.07) is 1.60. The van der Waals surface area contributed by atoms with Crippen LogP contribution in [0.4, 0.5) is 13.2 Å². The average molecular weight is 322 g/mol. The van der Waals surface area contributed by atoms with Gasteiger partial charge in [-0.2, -0.15) is 13.2 Å². The van der Waals surface area contributed by atoms with Gasteiger partial charge in [0.25, 0.3) is 0 Å². The first-order valence-electron chi connectivity index (χ1n) is 4.74. The van der Waals surface area contributed by atoms with Crippen LogP contribution in [0.2, 0.25) is 0 Å². The summed E-state index contributed by atoms with van der Waals surface area (Å²) in [6.45, 7) is 0. The monoisotopic (exact) mass is 321 g/mol. The second-order valence-electron chi connectivity index (χ2n) is 3.36. The quantitative estimate of drug-likeness (QED) is 0.923. The Hall–Kier alpha value is -1.57. The van der Waals surface area contributed by atoms with Crippen LogP contribution >= 0.6 is 15.9 Å². The Kier molecular flexibility index (Phi) is 3.29. The van der Waals surface area contributed by atoms with E-state index in [1.807, 2.05) is 0 Å². The highest BCUT2D eigenvalue weighted by Gasteiger charge is 2.34. The van der Waals surface area contributed by atoms with E-state index in [0.717, 1.165) is 6.20 Å². The number of halogens is 4. The third-order valence-electron chi connectivity index (χ3n) is 2.16. The number of hydrogen-bond acceptors (Lipinski definition) is 3. The number of pyridine rings is 1. The number of ether oxygens (including phenoxy) is 1. The van der Waals surface area contributed by atoms with Crippen molar-refractivity contribution in [2.45, 2.75) is 6.18 Å². The van der Waals surface area contributed by atoms with Crippen molar-refractivity contribution in [1.29, 1.82) is 0 Å². The van der Waals surface area contributed by atoms with Crippen LogP contribution in [0.25, 0.3) is 11.3 Å². The second kappa shape index (κ2) is 4.60. The van der Waals surface area contributed by atoms with Crippen LogP contribution in [-0.2, 0) is 6.18 Å². The van der Waals surface area contributed by atoms with Crippen molar-refractivity contribution in [2.75, 3.05) is 7.11 Å². The molecule has 0 unspecified atom stereocenters. The molecule has 0 saturated heterocycles. The van der Waals surface area contributed by atoms with E-state index in [1.54, 1.807) is 6.07 Å². The van der Waals surface area contributed by atoms with Gasteiger partial charge in [0.05, 0.1) is 23.5 Å². The number of rotatable bonds is 2. The van der Waals surface area contributed by atoms with Crippen LogP contribution in [0.5, 0.6) is 5.88 Å². The lowest BCUT2D eigenvalue weighted by Crippen LogP contribution is -2.07. The molecule has 2 aromatic heterocycles. The zero-order valence-corrected chi connectivity index (χ0v) is 10.6. The lowest BCUT2D eigenvalue weighted by molar-refractivity contribution is -0.144. The zero-order chi connectivity index (χ0) is 13.3. The largest absolute Gasteiger partial charge is 0.480 e. The first-order valence-corrected chi connectivity index (χ1v) is 5.53. The minimum atomic E-state index is -4.49. The summed E-state index contributed by atoms with van der Waals surface area (Å²) < 4.78 is 42.6. The van der Waals surface area contributed by atoms with E-state index in [4.69, 9.17) is 4.74 Å². The number of H-pyrrole nitrogens is 1.